The molecule has 0 unspecified atom stereocenters. The van der Waals surface area contributed by atoms with E-state index < -0.39 is 59.1 Å². The van der Waals surface area contributed by atoms with Gasteiger partial charge in [-0.25, -0.2) is 13.2 Å². The van der Waals surface area contributed by atoms with E-state index in [1.165, 1.54) is 6.07 Å². The van der Waals surface area contributed by atoms with Gasteiger partial charge >= 0.3 is 0 Å². The summed E-state index contributed by atoms with van der Waals surface area (Å²) < 4.78 is 68.0. The predicted octanol–water partition coefficient (Wildman–Crippen LogP) is 3.61. The van der Waals surface area contributed by atoms with Crippen molar-refractivity contribution in [2.24, 2.45) is 5.73 Å². The Morgan fingerprint density at radius 3 is 2.22 bits per heavy atom. The second kappa shape index (κ2) is 9.50. The third-order valence-corrected chi connectivity index (χ3v) is 4.60. The topological polar surface area (TPSA) is 88.2 Å². The van der Waals surface area contributed by atoms with Crippen LogP contribution in [0.5, 0.6) is 0 Å². The van der Waals surface area contributed by atoms with Gasteiger partial charge in [-0.1, -0.05) is 0 Å². The average molecular weight is 459 g/mol. The van der Waals surface area contributed by atoms with Crippen molar-refractivity contribution in [3.05, 3.63) is 64.2 Å². The number of nitrogens with zero attached hydrogens (tertiary/aromatic N) is 1. The third kappa shape index (κ3) is 6.70. The van der Waals surface area contributed by atoms with Crippen molar-refractivity contribution >= 4 is 5.91 Å². The van der Waals surface area contributed by atoms with Crippen LogP contribution in [0, 0.1) is 17.5 Å². The SMILES string of the molecule is CC(C)(C)NC(=O)c1ccc(C(C)(F)F)nc1C[C@H](O)[C@H](N)Cc1cc(F)c(F)cc1F. The highest BCUT2D eigenvalue weighted by molar-refractivity contribution is 5.95. The van der Waals surface area contributed by atoms with Crippen molar-refractivity contribution in [1.29, 1.82) is 0 Å². The first-order chi connectivity index (χ1) is 14.6. The lowest BCUT2D eigenvalue weighted by molar-refractivity contribution is 0.0123. The van der Waals surface area contributed by atoms with Crippen LogP contribution in [-0.2, 0) is 18.8 Å². The van der Waals surface area contributed by atoms with Gasteiger partial charge in [-0.3, -0.25) is 9.78 Å². The Labute approximate surface area is 182 Å². The second-order valence-electron chi connectivity index (χ2n) is 8.78. The summed E-state index contributed by atoms with van der Waals surface area (Å²) in [6.45, 7) is 5.83. The largest absolute Gasteiger partial charge is 0.391 e. The first-order valence-electron chi connectivity index (χ1n) is 9.86. The molecule has 2 atom stereocenters. The molecule has 1 aromatic carbocycles. The Kier molecular flexibility index (Phi) is 7.62. The number of pyridine rings is 1. The van der Waals surface area contributed by atoms with Crippen LogP contribution in [-0.4, -0.2) is 33.7 Å². The zero-order valence-electron chi connectivity index (χ0n) is 18.1. The van der Waals surface area contributed by atoms with Gasteiger partial charge in [0.05, 0.1) is 17.4 Å². The minimum absolute atomic E-state index is 0.0295. The molecule has 0 fully saturated rings. The highest BCUT2D eigenvalue weighted by atomic mass is 19.3. The lowest BCUT2D eigenvalue weighted by atomic mass is 9.96. The first kappa shape index (κ1) is 25.7. The highest BCUT2D eigenvalue weighted by Crippen LogP contribution is 2.27. The number of aliphatic hydroxyl groups excluding tert-OH is 1. The molecule has 32 heavy (non-hydrogen) atoms. The van der Waals surface area contributed by atoms with Gasteiger partial charge in [0, 0.05) is 31.0 Å². The van der Waals surface area contributed by atoms with E-state index in [0.717, 1.165) is 6.07 Å². The van der Waals surface area contributed by atoms with Gasteiger partial charge in [0.15, 0.2) is 11.6 Å². The molecular formula is C22H26F5N3O2. The van der Waals surface area contributed by atoms with Gasteiger partial charge in [-0.15, -0.1) is 0 Å². The fourth-order valence-electron chi connectivity index (χ4n) is 2.98. The Morgan fingerprint density at radius 1 is 1.06 bits per heavy atom. The monoisotopic (exact) mass is 459 g/mol. The van der Waals surface area contributed by atoms with Crippen LogP contribution < -0.4 is 11.1 Å². The third-order valence-electron chi connectivity index (χ3n) is 4.60. The number of nitrogens with one attached hydrogen (secondary N) is 1. The van der Waals surface area contributed by atoms with Crippen LogP contribution >= 0.6 is 0 Å². The van der Waals surface area contributed by atoms with Crippen LogP contribution in [0.4, 0.5) is 22.0 Å². The van der Waals surface area contributed by atoms with Gasteiger partial charge in [0.2, 0.25) is 0 Å². The van der Waals surface area contributed by atoms with E-state index in [1.807, 2.05) is 0 Å². The number of hydrogen-bond acceptors (Lipinski definition) is 4. The van der Waals surface area contributed by atoms with Crippen LogP contribution in [0.3, 0.4) is 0 Å². The quantitative estimate of drug-likeness (QED) is 0.436. The molecule has 1 heterocycles. The summed E-state index contributed by atoms with van der Waals surface area (Å²) in [4.78, 5) is 16.5. The van der Waals surface area contributed by atoms with Crippen LogP contribution in [0.25, 0.3) is 0 Å². The summed E-state index contributed by atoms with van der Waals surface area (Å²) in [5.74, 6) is -7.56. The Balaban J connectivity index is 2.32. The number of hydrogen-bond donors (Lipinski definition) is 3. The molecule has 0 aliphatic heterocycles. The molecule has 4 N–H and O–H groups in total. The molecule has 0 aliphatic rings. The molecule has 1 aromatic heterocycles. The van der Waals surface area contributed by atoms with E-state index in [2.05, 4.69) is 10.3 Å². The van der Waals surface area contributed by atoms with Crippen molar-refractivity contribution in [2.75, 3.05) is 0 Å². The molecule has 0 radical (unpaired) electrons. The van der Waals surface area contributed by atoms with Gasteiger partial charge in [-0.05, 0) is 51.0 Å². The van der Waals surface area contributed by atoms with Gasteiger partial charge in [0.25, 0.3) is 11.8 Å². The molecular weight excluding hydrogens is 433 g/mol. The number of halogens is 5. The minimum Gasteiger partial charge on any atom is -0.391 e. The van der Waals surface area contributed by atoms with Crippen molar-refractivity contribution in [2.45, 2.75) is 64.1 Å². The number of amides is 1. The number of rotatable bonds is 7. The van der Waals surface area contributed by atoms with E-state index in [-0.39, 0.29) is 23.2 Å². The molecule has 2 rings (SSSR count). The second-order valence-corrected chi connectivity index (χ2v) is 8.78. The van der Waals surface area contributed by atoms with E-state index >= 15 is 0 Å². The number of carbonyl (C=O) groups is 1. The van der Waals surface area contributed by atoms with E-state index in [4.69, 9.17) is 5.73 Å². The first-order valence-corrected chi connectivity index (χ1v) is 9.86. The molecule has 176 valence electrons. The number of benzene rings is 1. The Bertz CT molecular complexity index is 987. The van der Waals surface area contributed by atoms with Crippen molar-refractivity contribution in [3.8, 4) is 0 Å². The zero-order chi connectivity index (χ0) is 24.4. The number of aliphatic hydroxyl groups is 1. The molecule has 5 nitrogen and oxygen atoms in total. The normalized spacial score (nSPS) is 14.2. The maximum atomic E-state index is 13.9. The molecule has 10 heteroatoms. The smallest absolute Gasteiger partial charge is 0.286 e. The maximum absolute atomic E-state index is 13.9. The van der Waals surface area contributed by atoms with Crippen molar-refractivity contribution in [1.82, 2.24) is 10.3 Å². The summed E-state index contributed by atoms with van der Waals surface area (Å²) in [5.41, 5.74) is 4.25. The fraction of sp³-hybridized carbons (Fsp3) is 0.455. The minimum atomic E-state index is -3.30. The molecule has 2 aromatic rings. The van der Waals surface area contributed by atoms with Crippen LogP contribution in [0.15, 0.2) is 24.3 Å². The van der Waals surface area contributed by atoms with Crippen molar-refractivity contribution in [3.63, 3.8) is 0 Å². The van der Waals surface area contributed by atoms with Crippen LogP contribution in [0.2, 0.25) is 0 Å². The highest BCUT2D eigenvalue weighted by Gasteiger charge is 2.30. The average Bonchev–Trinajstić information content (AvgIpc) is 2.63. The molecule has 0 aliphatic carbocycles. The lowest BCUT2D eigenvalue weighted by Gasteiger charge is -2.24. The molecule has 0 bridgehead atoms. The zero-order valence-corrected chi connectivity index (χ0v) is 18.1. The molecule has 0 saturated carbocycles. The summed E-state index contributed by atoms with van der Waals surface area (Å²) in [6, 6.07) is 2.02. The van der Waals surface area contributed by atoms with Gasteiger partial charge in [-0.2, -0.15) is 8.78 Å². The Morgan fingerprint density at radius 2 is 1.66 bits per heavy atom. The number of nitrogens with two attached hydrogens (primary N) is 1. The van der Waals surface area contributed by atoms with Gasteiger partial charge in [0.1, 0.15) is 11.5 Å². The summed E-state index contributed by atoms with van der Waals surface area (Å²) in [5, 5.41) is 13.2. The molecule has 1 amide bonds. The number of aromatic nitrogens is 1. The summed E-state index contributed by atoms with van der Waals surface area (Å²) in [6.07, 6.45) is -2.21. The van der Waals surface area contributed by atoms with E-state index in [9.17, 15) is 31.9 Å². The standard InChI is InChI=1S/C22H26F5N3O2/c1-21(2,3)30-20(32)12-5-6-19(22(4,26)27)29-17(12)10-18(31)16(28)8-11-7-14(24)15(25)9-13(11)23/h5-7,9,16,18,31H,8,10,28H2,1-4H3,(H,30,32)/t16-,18+/m1/s1. The fourth-order valence-corrected chi connectivity index (χ4v) is 2.98. The maximum Gasteiger partial charge on any atom is 0.286 e. The van der Waals surface area contributed by atoms with Crippen molar-refractivity contribution < 1.29 is 31.9 Å². The van der Waals surface area contributed by atoms with E-state index in [0.29, 0.717) is 19.1 Å². The summed E-state index contributed by atoms with van der Waals surface area (Å²) in [7, 11) is 0. The number of carbonyl (C=O) groups excluding carboxylic acids is 1. The predicted molar refractivity (Wildman–Crippen MR) is 109 cm³/mol. The molecule has 0 saturated heterocycles. The van der Waals surface area contributed by atoms with Gasteiger partial charge < -0.3 is 16.2 Å². The molecule has 0 spiro atoms. The number of alkyl halides is 2. The Hall–Kier alpha value is -2.59. The summed E-state index contributed by atoms with van der Waals surface area (Å²) >= 11 is 0. The van der Waals surface area contributed by atoms with Crippen LogP contribution in [0.1, 0.15) is 55.0 Å². The lowest BCUT2D eigenvalue weighted by Crippen LogP contribution is -2.42. The van der Waals surface area contributed by atoms with E-state index in [1.54, 1.807) is 20.8 Å².